The summed E-state index contributed by atoms with van der Waals surface area (Å²) in [4.78, 5) is 25.1. The molecule has 148 valence electrons. The first-order valence-electron chi connectivity index (χ1n) is 8.85. The number of anilines is 3. The van der Waals surface area contributed by atoms with Gasteiger partial charge in [0.1, 0.15) is 0 Å². The zero-order chi connectivity index (χ0) is 20.1. The molecule has 0 radical (unpaired) electrons. The Kier molecular flexibility index (Phi) is 6.33. The summed E-state index contributed by atoms with van der Waals surface area (Å²) in [5.74, 6) is -0.309. The van der Waals surface area contributed by atoms with E-state index in [1.807, 2.05) is 12.1 Å². The number of nitro groups is 1. The standard InChI is InChI=1S/C19H21ClN4O4/c1-13-15(3-2-4-17(13)24(26)27)22-19(25)12-21-16-11-14(20)5-6-18(16)23-7-9-28-10-8-23/h2-6,11,21H,7-10,12H2,1H3,(H,22,25). The van der Waals surface area contributed by atoms with Crippen LogP contribution in [-0.2, 0) is 9.53 Å². The van der Waals surface area contributed by atoms with Crippen molar-refractivity contribution >= 4 is 40.3 Å². The fraction of sp³-hybridized carbons (Fsp3) is 0.316. The molecule has 8 nitrogen and oxygen atoms in total. The van der Waals surface area contributed by atoms with E-state index in [1.54, 1.807) is 25.1 Å². The third-order valence-electron chi connectivity index (χ3n) is 4.53. The molecule has 2 aromatic carbocycles. The molecular formula is C19H21ClN4O4. The predicted octanol–water partition coefficient (Wildman–Crippen LogP) is 3.44. The molecule has 9 heteroatoms. The molecule has 1 fully saturated rings. The largest absolute Gasteiger partial charge is 0.378 e. The fourth-order valence-corrected chi connectivity index (χ4v) is 3.23. The van der Waals surface area contributed by atoms with Gasteiger partial charge in [-0.15, -0.1) is 0 Å². The Balaban J connectivity index is 1.69. The second-order valence-electron chi connectivity index (χ2n) is 6.37. The van der Waals surface area contributed by atoms with Crippen LogP contribution in [-0.4, -0.2) is 43.7 Å². The zero-order valence-corrected chi connectivity index (χ0v) is 16.2. The maximum Gasteiger partial charge on any atom is 0.274 e. The van der Waals surface area contributed by atoms with E-state index in [-0.39, 0.29) is 18.1 Å². The molecule has 28 heavy (non-hydrogen) atoms. The molecule has 0 aromatic heterocycles. The first-order chi connectivity index (χ1) is 13.5. The molecule has 2 aromatic rings. The van der Waals surface area contributed by atoms with Gasteiger partial charge in [0.15, 0.2) is 0 Å². The first kappa shape index (κ1) is 19.9. The number of nitrogens with zero attached hydrogens (tertiary/aromatic N) is 2. The summed E-state index contributed by atoms with van der Waals surface area (Å²) < 4.78 is 5.39. The number of nitrogens with one attached hydrogen (secondary N) is 2. The van der Waals surface area contributed by atoms with Crippen LogP contribution in [0.3, 0.4) is 0 Å². The highest BCUT2D eigenvalue weighted by Crippen LogP contribution is 2.30. The van der Waals surface area contributed by atoms with Gasteiger partial charge in [-0.25, -0.2) is 0 Å². The SMILES string of the molecule is Cc1c(NC(=O)CNc2cc(Cl)ccc2N2CCOCC2)cccc1[N+](=O)[O-]. The van der Waals surface area contributed by atoms with Crippen molar-refractivity contribution in [2.24, 2.45) is 0 Å². The van der Waals surface area contributed by atoms with E-state index in [4.69, 9.17) is 16.3 Å². The van der Waals surface area contributed by atoms with Crippen molar-refractivity contribution in [1.82, 2.24) is 0 Å². The Morgan fingerprint density at radius 1 is 1.25 bits per heavy atom. The molecule has 1 saturated heterocycles. The van der Waals surface area contributed by atoms with Crippen LogP contribution >= 0.6 is 11.6 Å². The van der Waals surface area contributed by atoms with Crippen molar-refractivity contribution in [1.29, 1.82) is 0 Å². The second-order valence-corrected chi connectivity index (χ2v) is 6.81. The van der Waals surface area contributed by atoms with Gasteiger partial charge in [-0.2, -0.15) is 0 Å². The Hall–Kier alpha value is -2.84. The van der Waals surface area contributed by atoms with E-state index in [2.05, 4.69) is 15.5 Å². The Morgan fingerprint density at radius 3 is 2.71 bits per heavy atom. The van der Waals surface area contributed by atoms with Crippen molar-refractivity contribution in [2.45, 2.75) is 6.92 Å². The molecule has 1 aliphatic heterocycles. The van der Waals surface area contributed by atoms with E-state index >= 15 is 0 Å². The van der Waals surface area contributed by atoms with E-state index in [0.717, 1.165) is 24.5 Å². The maximum absolute atomic E-state index is 12.4. The third kappa shape index (κ3) is 4.71. The summed E-state index contributed by atoms with van der Waals surface area (Å²) in [5.41, 5.74) is 2.50. The summed E-state index contributed by atoms with van der Waals surface area (Å²) in [7, 11) is 0. The molecule has 1 amide bonds. The normalized spacial score (nSPS) is 13.9. The zero-order valence-electron chi connectivity index (χ0n) is 15.4. The quantitative estimate of drug-likeness (QED) is 0.565. The lowest BCUT2D eigenvalue weighted by Gasteiger charge is -2.30. The molecule has 0 aliphatic carbocycles. The van der Waals surface area contributed by atoms with Gasteiger partial charge >= 0.3 is 0 Å². The highest BCUT2D eigenvalue weighted by molar-refractivity contribution is 6.31. The lowest BCUT2D eigenvalue weighted by Crippen LogP contribution is -2.36. The molecule has 2 N–H and O–H groups in total. The summed E-state index contributed by atoms with van der Waals surface area (Å²) in [6.45, 7) is 4.42. The molecule has 0 saturated carbocycles. The molecule has 1 heterocycles. The van der Waals surface area contributed by atoms with Crippen molar-refractivity contribution in [3.05, 3.63) is 57.1 Å². The predicted molar refractivity (Wildman–Crippen MR) is 109 cm³/mol. The van der Waals surface area contributed by atoms with Gasteiger partial charge in [-0.05, 0) is 31.2 Å². The summed E-state index contributed by atoms with van der Waals surface area (Å²) in [6, 6.07) is 10.1. The number of hydrogen-bond acceptors (Lipinski definition) is 6. The van der Waals surface area contributed by atoms with Crippen molar-refractivity contribution in [2.75, 3.05) is 48.4 Å². The van der Waals surface area contributed by atoms with Crippen LogP contribution in [0.25, 0.3) is 0 Å². The highest BCUT2D eigenvalue weighted by Gasteiger charge is 2.17. The summed E-state index contributed by atoms with van der Waals surface area (Å²) in [5, 5.41) is 17.4. The van der Waals surface area contributed by atoms with Gasteiger partial charge in [0.05, 0.1) is 47.3 Å². The van der Waals surface area contributed by atoms with Crippen LogP contribution in [0.2, 0.25) is 5.02 Å². The number of halogens is 1. The summed E-state index contributed by atoms with van der Waals surface area (Å²) in [6.07, 6.45) is 0. The van der Waals surface area contributed by atoms with E-state index < -0.39 is 4.92 Å². The number of amides is 1. The van der Waals surface area contributed by atoms with Gasteiger partial charge in [0, 0.05) is 24.2 Å². The number of rotatable bonds is 6. The van der Waals surface area contributed by atoms with Gasteiger partial charge in [-0.3, -0.25) is 14.9 Å². The van der Waals surface area contributed by atoms with Gasteiger partial charge in [0.2, 0.25) is 5.91 Å². The molecule has 3 rings (SSSR count). The number of hydrogen-bond donors (Lipinski definition) is 2. The van der Waals surface area contributed by atoms with Crippen molar-refractivity contribution < 1.29 is 14.5 Å². The van der Waals surface area contributed by atoms with Crippen LogP contribution in [0.15, 0.2) is 36.4 Å². The first-order valence-corrected chi connectivity index (χ1v) is 9.23. The third-order valence-corrected chi connectivity index (χ3v) is 4.76. The van der Waals surface area contributed by atoms with Crippen LogP contribution < -0.4 is 15.5 Å². The van der Waals surface area contributed by atoms with Crippen molar-refractivity contribution in [3.63, 3.8) is 0 Å². The number of benzene rings is 2. The van der Waals surface area contributed by atoms with E-state index in [9.17, 15) is 14.9 Å². The van der Waals surface area contributed by atoms with Crippen LogP contribution in [0.5, 0.6) is 0 Å². The molecular weight excluding hydrogens is 384 g/mol. The van der Waals surface area contributed by atoms with E-state index in [1.165, 1.54) is 6.07 Å². The number of carbonyl (C=O) groups excluding carboxylic acids is 1. The average Bonchev–Trinajstić information content (AvgIpc) is 2.68. The minimum Gasteiger partial charge on any atom is -0.378 e. The molecule has 0 bridgehead atoms. The lowest BCUT2D eigenvalue weighted by atomic mass is 10.1. The van der Waals surface area contributed by atoms with Crippen molar-refractivity contribution in [3.8, 4) is 0 Å². The fourth-order valence-electron chi connectivity index (χ4n) is 3.06. The monoisotopic (exact) mass is 404 g/mol. The molecule has 1 aliphatic rings. The number of carbonyl (C=O) groups is 1. The average molecular weight is 405 g/mol. The highest BCUT2D eigenvalue weighted by atomic mass is 35.5. The minimum absolute atomic E-state index is 0.000184. The Labute approximate surface area is 167 Å². The second kappa shape index (κ2) is 8.90. The number of nitro benzene ring substituents is 1. The molecule has 0 atom stereocenters. The van der Waals surface area contributed by atoms with E-state index in [0.29, 0.717) is 29.5 Å². The lowest BCUT2D eigenvalue weighted by molar-refractivity contribution is -0.385. The maximum atomic E-state index is 12.4. The summed E-state index contributed by atoms with van der Waals surface area (Å²) >= 11 is 6.12. The van der Waals surface area contributed by atoms with Crippen LogP contribution in [0, 0.1) is 17.0 Å². The Morgan fingerprint density at radius 2 is 2.00 bits per heavy atom. The topological polar surface area (TPSA) is 96.7 Å². The van der Waals surface area contributed by atoms with Gasteiger partial charge in [0.25, 0.3) is 5.69 Å². The van der Waals surface area contributed by atoms with Gasteiger partial charge < -0.3 is 20.3 Å². The van der Waals surface area contributed by atoms with Crippen LogP contribution in [0.4, 0.5) is 22.7 Å². The number of morpholine rings is 1. The smallest absolute Gasteiger partial charge is 0.274 e. The van der Waals surface area contributed by atoms with Crippen LogP contribution in [0.1, 0.15) is 5.56 Å². The molecule has 0 spiro atoms. The Bertz CT molecular complexity index is 884. The minimum atomic E-state index is -0.468. The molecule has 0 unspecified atom stereocenters. The van der Waals surface area contributed by atoms with Gasteiger partial charge in [-0.1, -0.05) is 17.7 Å². The number of ether oxygens (including phenoxy) is 1.